The lowest BCUT2D eigenvalue weighted by atomic mass is 9.82. The molecule has 0 spiro atoms. The third kappa shape index (κ3) is 5.25. The van der Waals surface area contributed by atoms with E-state index < -0.39 is 136 Å². The number of hydrogen-bond acceptors (Lipinski definition) is 8. The summed E-state index contributed by atoms with van der Waals surface area (Å²) >= 11 is 0. The first-order chi connectivity index (χ1) is 25.4. The number of nitriles is 8. The van der Waals surface area contributed by atoms with Crippen LogP contribution in [0.1, 0.15) is 55.6 Å². The Kier molecular flexibility index (Phi) is 8.84. The van der Waals surface area contributed by atoms with Crippen molar-refractivity contribution in [1.29, 1.82) is 42.1 Å². The van der Waals surface area contributed by atoms with Gasteiger partial charge in [-0.25, -0.2) is 17.6 Å². The van der Waals surface area contributed by atoms with E-state index in [4.69, 9.17) is 0 Å². The van der Waals surface area contributed by atoms with Gasteiger partial charge in [-0.05, 0) is 35.4 Å². The predicted octanol–water partition coefficient (Wildman–Crippen LogP) is 8.52. The van der Waals surface area contributed by atoms with Crippen molar-refractivity contribution in [1.82, 2.24) is 0 Å². The van der Waals surface area contributed by atoms with Crippen molar-refractivity contribution in [2.24, 2.45) is 0 Å². The van der Waals surface area contributed by atoms with Crippen LogP contribution in [0.15, 0.2) is 35.4 Å². The monoisotopic (exact) mass is 738 g/mol. The van der Waals surface area contributed by atoms with Crippen LogP contribution in [0.2, 0.25) is 0 Å². The highest BCUT2D eigenvalue weighted by atomic mass is 19.4. The number of halogens is 10. The van der Waals surface area contributed by atoms with Crippen molar-refractivity contribution in [2.75, 3.05) is 0 Å². The summed E-state index contributed by atoms with van der Waals surface area (Å²) in [4.78, 5) is 0. The van der Waals surface area contributed by atoms with Crippen LogP contribution in [-0.2, 0) is 12.4 Å². The van der Waals surface area contributed by atoms with Gasteiger partial charge in [0, 0.05) is 44.5 Å². The molecular formula is C36H4F10N8. The third-order valence-electron chi connectivity index (χ3n) is 8.14. The van der Waals surface area contributed by atoms with Gasteiger partial charge in [-0.15, -0.1) is 0 Å². The molecule has 18 heteroatoms. The zero-order valence-corrected chi connectivity index (χ0v) is 25.7. The van der Waals surface area contributed by atoms with Crippen molar-refractivity contribution in [3.8, 4) is 48.6 Å². The molecule has 0 bridgehead atoms. The van der Waals surface area contributed by atoms with E-state index in [-0.39, 0.29) is 24.3 Å². The Hall–Kier alpha value is -8.16. The minimum Gasteiger partial charge on any atom is -0.204 e. The molecule has 0 unspecified atom stereocenters. The van der Waals surface area contributed by atoms with Gasteiger partial charge in [0.15, 0.2) is 23.3 Å². The van der Waals surface area contributed by atoms with Gasteiger partial charge in [-0.1, -0.05) is 0 Å². The van der Waals surface area contributed by atoms with Crippen LogP contribution in [0, 0.1) is 114 Å². The largest absolute Gasteiger partial charge is 0.419 e. The maximum atomic E-state index is 14.8. The fourth-order valence-electron chi connectivity index (χ4n) is 6.18. The molecule has 54 heavy (non-hydrogen) atoms. The van der Waals surface area contributed by atoms with Crippen LogP contribution in [0.3, 0.4) is 0 Å². The number of rotatable bonds is 2. The van der Waals surface area contributed by atoms with E-state index in [1.807, 2.05) is 0 Å². The maximum absolute atomic E-state index is 14.8. The second-order valence-electron chi connectivity index (χ2n) is 10.8. The quantitative estimate of drug-likeness (QED) is 0.185. The van der Waals surface area contributed by atoms with Crippen molar-refractivity contribution in [3.63, 3.8) is 0 Å². The summed E-state index contributed by atoms with van der Waals surface area (Å²) in [6.07, 6.45) is -11.2. The van der Waals surface area contributed by atoms with E-state index in [1.54, 1.807) is 12.1 Å². The van der Waals surface area contributed by atoms with Crippen LogP contribution in [0.5, 0.6) is 0 Å². The zero-order chi connectivity index (χ0) is 40.2. The Morgan fingerprint density at radius 3 is 1.00 bits per heavy atom. The molecule has 0 fully saturated rings. The van der Waals surface area contributed by atoms with Crippen molar-refractivity contribution < 1.29 is 43.9 Å². The molecule has 0 heterocycles. The predicted molar refractivity (Wildman–Crippen MR) is 160 cm³/mol. The minimum absolute atomic E-state index is 0.00392. The van der Waals surface area contributed by atoms with Crippen LogP contribution in [-0.4, -0.2) is 0 Å². The second-order valence-corrected chi connectivity index (χ2v) is 10.8. The number of alkyl halides is 6. The van der Waals surface area contributed by atoms with Gasteiger partial charge in [-0.2, -0.15) is 68.4 Å². The molecule has 0 saturated carbocycles. The molecule has 8 nitrogen and oxygen atoms in total. The van der Waals surface area contributed by atoms with Gasteiger partial charge in [0.25, 0.3) is 0 Å². The standard InChI is InChI=1S/C36H4F10N8/c37-23-3-13(1-21(33(23)39)35(41,42)43)25-17(9-51)29-19(11-53)32-28(16(7-49)8-50)26(14-2-22(36(44,45)46)34(40)24(38)4-14)18(10-52)30(32)20(12-54)31(29)27(25)15(5-47)6-48/h1-4H. The smallest absolute Gasteiger partial charge is 0.204 e. The molecule has 0 saturated heterocycles. The van der Waals surface area contributed by atoms with Crippen molar-refractivity contribution in [3.05, 3.63) is 114 Å². The molecule has 0 radical (unpaired) electrons. The van der Waals surface area contributed by atoms with Gasteiger partial charge < -0.3 is 0 Å². The average Bonchev–Trinajstić information content (AvgIpc) is 3.63. The summed E-state index contributed by atoms with van der Waals surface area (Å²) in [5.41, 5.74) is -19.4. The zero-order valence-electron chi connectivity index (χ0n) is 25.7. The Bertz CT molecular complexity index is 2590. The molecule has 2 aliphatic carbocycles. The highest BCUT2D eigenvalue weighted by Gasteiger charge is 2.45. The van der Waals surface area contributed by atoms with Crippen LogP contribution in [0.25, 0.3) is 33.4 Å². The van der Waals surface area contributed by atoms with E-state index in [0.717, 1.165) is 0 Å². The lowest BCUT2D eigenvalue weighted by Crippen LogP contribution is -2.11. The summed E-state index contributed by atoms with van der Waals surface area (Å²) < 4.78 is 141. The Morgan fingerprint density at radius 2 is 0.759 bits per heavy atom. The minimum atomic E-state index is -5.58. The normalized spacial score (nSPS) is 13.0. The molecule has 3 aromatic carbocycles. The number of benzene rings is 3. The van der Waals surface area contributed by atoms with Crippen LogP contribution in [0.4, 0.5) is 43.9 Å². The van der Waals surface area contributed by atoms with Crippen LogP contribution < -0.4 is 0 Å². The molecule has 5 rings (SSSR count). The SMILES string of the molecule is N#CC(C#N)=C1C(c2cc(F)c(F)c(C(F)(F)F)c2)=C(C#N)c2c(C#N)c3c(c(C#N)c21)C(C#N)=C(c1cc(F)c(F)c(C(F)(F)F)c1)C3=C(C#N)C#N. The summed E-state index contributed by atoms with van der Waals surface area (Å²) in [5.74, 6) is -9.06. The molecule has 0 amide bonds. The van der Waals surface area contributed by atoms with E-state index in [1.165, 1.54) is 36.4 Å². The fraction of sp³-hybridized carbons (Fsp3) is 0.0556. The Labute approximate surface area is 294 Å². The summed E-state index contributed by atoms with van der Waals surface area (Å²) in [6.45, 7) is 0. The van der Waals surface area contributed by atoms with E-state index in [9.17, 15) is 86.0 Å². The van der Waals surface area contributed by atoms with Gasteiger partial charge in [0.1, 0.15) is 59.7 Å². The van der Waals surface area contributed by atoms with Crippen molar-refractivity contribution >= 4 is 33.4 Å². The fourth-order valence-corrected chi connectivity index (χ4v) is 6.18. The van der Waals surface area contributed by atoms with Crippen molar-refractivity contribution in [2.45, 2.75) is 12.4 Å². The Morgan fingerprint density at radius 1 is 0.444 bits per heavy atom. The number of allylic oxidation sites excluding steroid dienone is 8. The van der Waals surface area contributed by atoms with Crippen LogP contribution >= 0.6 is 0 Å². The maximum Gasteiger partial charge on any atom is 0.419 e. The first-order valence-corrected chi connectivity index (χ1v) is 14.0. The first kappa shape index (κ1) is 37.1. The topological polar surface area (TPSA) is 190 Å². The van der Waals surface area contributed by atoms with E-state index in [0.29, 0.717) is 0 Å². The highest BCUT2D eigenvalue weighted by molar-refractivity contribution is 6.32. The molecule has 0 N–H and O–H groups in total. The summed E-state index contributed by atoms with van der Waals surface area (Å²) in [6, 6.07) is 12.0. The molecule has 258 valence electrons. The highest BCUT2D eigenvalue weighted by Crippen LogP contribution is 2.58. The molecule has 0 aromatic heterocycles. The molecule has 0 atom stereocenters. The Balaban J connectivity index is 2.12. The molecular weight excluding hydrogens is 734 g/mol. The number of fused-ring (bicyclic) bond motifs is 2. The number of nitrogens with zero attached hydrogens (tertiary/aromatic N) is 8. The molecule has 2 aliphatic rings. The lowest BCUT2D eigenvalue weighted by molar-refractivity contribution is -0.141. The number of hydrogen-bond donors (Lipinski definition) is 0. The summed E-state index contributed by atoms with van der Waals surface area (Å²) in [5, 5.41) is 81.5. The van der Waals surface area contributed by atoms with E-state index >= 15 is 0 Å². The molecule has 3 aromatic rings. The van der Waals surface area contributed by atoms with Gasteiger partial charge in [0.05, 0.1) is 33.4 Å². The van der Waals surface area contributed by atoms with E-state index in [2.05, 4.69) is 0 Å². The van der Waals surface area contributed by atoms with Gasteiger partial charge in [0.2, 0.25) is 0 Å². The molecule has 0 aliphatic heterocycles. The first-order valence-electron chi connectivity index (χ1n) is 14.0. The lowest BCUT2D eigenvalue weighted by Gasteiger charge is -2.16. The van der Waals surface area contributed by atoms with Gasteiger partial charge >= 0.3 is 12.4 Å². The second kappa shape index (κ2) is 12.9. The third-order valence-corrected chi connectivity index (χ3v) is 8.14. The van der Waals surface area contributed by atoms with Gasteiger partial charge in [-0.3, -0.25) is 0 Å². The summed E-state index contributed by atoms with van der Waals surface area (Å²) in [7, 11) is 0. The average molecular weight is 738 g/mol.